The van der Waals surface area contributed by atoms with Crippen LogP contribution in [0.3, 0.4) is 0 Å². The average Bonchev–Trinajstić information content (AvgIpc) is 2.70. The van der Waals surface area contributed by atoms with E-state index in [2.05, 4.69) is 46.9 Å². The molecule has 0 unspecified atom stereocenters. The zero-order valence-electron chi connectivity index (χ0n) is 23.1. The fraction of sp³-hybridized carbons (Fsp3) is 1.00. The van der Waals surface area contributed by atoms with Gasteiger partial charge in [-0.25, -0.2) is 0 Å². The third kappa shape index (κ3) is 22.9. The second kappa shape index (κ2) is 20.6. The molecule has 1 nitrogen and oxygen atoms in total. The van der Waals surface area contributed by atoms with Crippen molar-refractivity contribution in [2.45, 2.75) is 194 Å². The van der Waals surface area contributed by atoms with Crippen LogP contribution in [0.15, 0.2) is 0 Å². The first-order valence-corrected chi connectivity index (χ1v) is 14.6. The second-order valence-corrected chi connectivity index (χ2v) is 11.8. The minimum atomic E-state index is 0.266. The largest absolute Gasteiger partial charge is 0.307 e. The lowest BCUT2D eigenvalue weighted by atomic mass is 9.89. The monoisotopic (exact) mass is 437 g/mol. The van der Waals surface area contributed by atoms with E-state index in [1.54, 1.807) is 0 Å². The summed E-state index contributed by atoms with van der Waals surface area (Å²) in [6, 6.07) is 0. The van der Waals surface area contributed by atoms with Crippen molar-refractivity contribution in [1.82, 2.24) is 5.32 Å². The Morgan fingerprint density at radius 3 is 0.839 bits per heavy atom. The first-order valence-electron chi connectivity index (χ1n) is 14.6. The molecule has 0 radical (unpaired) electrons. The molecule has 0 heterocycles. The van der Waals surface area contributed by atoms with Gasteiger partial charge in [-0.1, -0.05) is 142 Å². The minimum Gasteiger partial charge on any atom is -0.307 e. The number of hydrogen-bond acceptors (Lipinski definition) is 1. The third-order valence-electron chi connectivity index (χ3n) is 6.99. The summed E-state index contributed by atoms with van der Waals surface area (Å²) >= 11 is 0. The highest BCUT2D eigenvalue weighted by Crippen LogP contribution is 2.23. The molecule has 0 aliphatic heterocycles. The Balaban J connectivity index is 3.65. The molecule has 1 N–H and O–H groups in total. The summed E-state index contributed by atoms with van der Waals surface area (Å²) in [5.74, 6) is 0. The summed E-state index contributed by atoms with van der Waals surface area (Å²) < 4.78 is 0. The Morgan fingerprint density at radius 1 is 0.355 bits per heavy atom. The highest BCUT2D eigenvalue weighted by Gasteiger charge is 2.26. The normalized spacial score (nSPS) is 12.6. The van der Waals surface area contributed by atoms with Gasteiger partial charge in [-0.15, -0.1) is 0 Å². The zero-order chi connectivity index (χ0) is 23.3. The van der Waals surface area contributed by atoms with Crippen LogP contribution in [0.1, 0.15) is 183 Å². The molecule has 0 aliphatic carbocycles. The predicted octanol–water partition coefficient (Wildman–Crippen LogP) is 10.8. The molecule has 0 aliphatic rings. The molecule has 31 heavy (non-hydrogen) atoms. The van der Waals surface area contributed by atoms with Gasteiger partial charge < -0.3 is 5.32 Å². The Morgan fingerprint density at radius 2 is 0.581 bits per heavy atom. The van der Waals surface area contributed by atoms with Crippen molar-refractivity contribution < 1.29 is 0 Å². The van der Waals surface area contributed by atoms with Crippen molar-refractivity contribution in [3.8, 4) is 0 Å². The van der Waals surface area contributed by atoms with E-state index >= 15 is 0 Å². The van der Waals surface area contributed by atoms with Gasteiger partial charge in [0.05, 0.1) is 0 Å². The van der Waals surface area contributed by atoms with Gasteiger partial charge in [0.25, 0.3) is 0 Å². The van der Waals surface area contributed by atoms with E-state index in [-0.39, 0.29) is 11.1 Å². The summed E-state index contributed by atoms with van der Waals surface area (Å²) in [4.78, 5) is 0. The lowest BCUT2D eigenvalue weighted by Gasteiger charge is -2.37. The maximum Gasteiger partial charge on any atom is 0.0130 e. The van der Waals surface area contributed by atoms with Crippen LogP contribution in [-0.2, 0) is 0 Å². The van der Waals surface area contributed by atoms with Gasteiger partial charge in [0, 0.05) is 11.1 Å². The maximum atomic E-state index is 3.99. The van der Waals surface area contributed by atoms with Crippen LogP contribution in [0.25, 0.3) is 0 Å². The van der Waals surface area contributed by atoms with Gasteiger partial charge in [0.15, 0.2) is 0 Å². The van der Waals surface area contributed by atoms with E-state index in [0.29, 0.717) is 0 Å². The number of nitrogens with one attached hydrogen (secondary N) is 1. The van der Waals surface area contributed by atoms with Crippen LogP contribution in [0, 0.1) is 0 Å². The molecule has 188 valence electrons. The molecule has 0 bridgehead atoms. The van der Waals surface area contributed by atoms with Crippen molar-refractivity contribution in [1.29, 1.82) is 0 Å². The summed E-state index contributed by atoms with van der Waals surface area (Å²) in [7, 11) is 0. The van der Waals surface area contributed by atoms with Crippen LogP contribution in [0.5, 0.6) is 0 Å². The SMILES string of the molecule is CCCCCCCCCCCCC(C)(C)NC(C)(C)CCCCCCCCCCCC. The van der Waals surface area contributed by atoms with Gasteiger partial charge in [-0.2, -0.15) is 0 Å². The van der Waals surface area contributed by atoms with E-state index in [4.69, 9.17) is 0 Å². The van der Waals surface area contributed by atoms with E-state index in [9.17, 15) is 0 Å². The van der Waals surface area contributed by atoms with Crippen LogP contribution in [0.4, 0.5) is 0 Å². The highest BCUT2D eigenvalue weighted by atomic mass is 15.0. The molecule has 1 heteroatoms. The third-order valence-corrected chi connectivity index (χ3v) is 6.99. The number of hydrogen-bond donors (Lipinski definition) is 1. The van der Waals surface area contributed by atoms with E-state index in [1.807, 2.05) is 0 Å². The Labute approximate surface area is 199 Å². The van der Waals surface area contributed by atoms with Gasteiger partial charge in [0.1, 0.15) is 0 Å². The first kappa shape index (κ1) is 31.0. The minimum absolute atomic E-state index is 0.266. The summed E-state index contributed by atoms with van der Waals surface area (Å²) in [5, 5.41) is 3.99. The lowest BCUT2D eigenvalue weighted by Crippen LogP contribution is -2.51. The molecule has 0 aromatic rings. The smallest absolute Gasteiger partial charge is 0.0130 e. The topological polar surface area (TPSA) is 12.0 Å². The molecule has 0 spiro atoms. The van der Waals surface area contributed by atoms with Gasteiger partial charge in [-0.3, -0.25) is 0 Å². The highest BCUT2D eigenvalue weighted by molar-refractivity contribution is 4.88. The Hall–Kier alpha value is -0.0400. The average molecular weight is 438 g/mol. The zero-order valence-corrected chi connectivity index (χ0v) is 23.1. The molecular formula is C30H63N. The van der Waals surface area contributed by atoms with Crippen molar-refractivity contribution in [2.24, 2.45) is 0 Å². The van der Waals surface area contributed by atoms with Gasteiger partial charge in [0.2, 0.25) is 0 Å². The molecule has 0 rings (SSSR count). The molecule has 0 fully saturated rings. The lowest BCUT2D eigenvalue weighted by molar-refractivity contribution is 0.230. The number of rotatable bonds is 24. The molecule has 0 saturated heterocycles. The molecule has 0 aromatic heterocycles. The summed E-state index contributed by atoms with van der Waals surface area (Å²) in [6.07, 6.45) is 31.2. The van der Waals surface area contributed by atoms with Crippen molar-refractivity contribution in [3.05, 3.63) is 0 Å². The molecule has 0 aromatic carbocycles. The second-order valence-electron chi connectivity index (χ2n) is 11.8. The fourth-order valence-corrected chi connectivity index (χ4v) is 5.15. The van der Waals surface area contributed by atoms with Crippen LogP contribution in [0.2, 0.25) is 0 Å². The molecule has 0 amide bonds. The maximum absolute atomic E-state index is 3.99. The Bertz CT molecular complexity index is 323. The Kier molecular flexibility index (Phi) is 20.5. The van der Waals surface area contributed by atoms with Crippen LogP contribution in [-0.4, -0.2) is 11.1 Å². The first-order chi connectivity index (χ1) is 14.8. The number of unbranched alkanes of at least 4 members (excludes halogenated alkanes) is 18. The van der Waals surface area contributed by atoms with Crippen molar-refractivity contribution in [3.63, 3.8) is 0 Å². The quantitative estimate of drug-likeness (QED) is 0.148. The van der Waals surface area contributed by atoms with Crippen molar-refractivity contribution >= 4 is 0 Å². The molecular weight excluding hydrogens is 374 g/mol. The van der Waals surface area contributed by atoms with Crippen molar-refractivity contribution in [2.75, 3.05) is 0 Å². The molecule has 0 atom stereocenters. The van der Waals surface area contributed by atoms with Crippen LogP contribution >= 0.6 is 0 Å². The van der Waals surface area contributed by atoms with Crippen LogP contribution < -0.4 is 5.32 Å². The standard InChI is InChI=1S/C30H63N/c1-7-9-11-13-15-17-19-21-23-25-27-29(3,4)31-30(5,6)28-26-24-22-20-18-16-14-12-10-8-2/h31H,7-28H2,1-6H3. The summed E-state index contributed by atoms with van der Waals surface area (Å²) in [6.45, 7) is 14.3. The predicted molar refractivity (Wildman–Crippen MR) is 144 cm³/mol. The van der Waals surface area contributed by atoms with E-state index in [0.717, 1.165) is 0 Å². The van der Waals surface area contributed by atoms with Gasteiger partial charge in [-0.05, 0) is 40.5 Å². The van der Waals surface area contributed by atoms with E-state index in [1.165, 1.54) is 141 Å². The van der Waals surface area contributed by atoms with E-state index < -0.39 is 0 Å². The summed E-state index contributed by atoms with van der Waals surface area (Å²) in [5.41, 5.74) is 0.532. The fourth-order valence-electron chi connectivity index (χ4n) is 5.15. The van der Waals surface area contributed by atoms with Gasteiger partial charge >= 0.3 is 0 Å². The molecule has 0 saturated carbocycles.